The number of aromatic nitrogens is 2. The molecule has 0 unspecified atom stereocenters. The number of rotatable bonds is 6. The topological polar surface area (TPSA) is 99.3 Å². The van der Waals surface area contributed by atoms with Crippen molar-refractivity contribution in [3.63, 3.8) is 0 Å². The number of methoxy groups -OCH3 is 1. The Bertz CT molecular complexity index is 1100. The summed E-state index contributed by atoms with van der Waals surface area (Å²) in [6, 6.07) is 12.0. The molecule has 2 heterocycles. The summed E-state index contributed by atoms with van der Waals surface area (Å²) in [5.74, 6) is 0.326. The molecule has 168 valence electrons. The van der Waals surface area contributed by atoms with Crippen molar-refractivity contribution in [1.82, 2.24) is 15.2 Å². The lowest BCUT2D eigenvalue weighted by Gasteiger charge is -2.36. The lowest BCUT2D eigenvalue weighted by molar-refractivity contribution is 0.237. The molecule has 1 aromatic heterocycles. The predicted molar refractivity (Wildman–Crippen MR) is 118 cm³/mol. The highest BCUT2D eigenvalue weighted by Crippen LogP contribution is 2.28. The first kappa shape index (κ1) is 21.8. The highest BCUT2D eigenvalue weighted by Gasteiger charge is 2.24. The van der Waals surface area contributed by atoms with E-state index >= 15 is 0 Å². The molecule has 0 aliphatic carbocycles. The summed E-state index contributed by atoms with van der Waals surface area (Å²) in [6.45, 7) is 3.67. The van der Waals surface area contributed by atoms with Crippen LogP contribution in [-0.4, -0.2) is 59.5 Å². The zero-order valence-corrected chi connectivity index (χ0v) is 18.1. The minimum absolute atomic E-state index is 0.0246. The largest absolute Gasteiger partial charge is 0.495 e. The van der Waals surface area contributed by atoms with E-state index in [0.717, 1.165) is 37.6 Å². The summed E-state index contributed by atoms with van der Waals surface area (Å²) in [6.07, 6.45) is 0. The summed E-state index contributed by atoms with van der Waals surface area (Å²) in [7, 11) is 1.67. The van der Waals surface area contributed by atoms with E-state index in [4.69, 9.17) is 21.0 Å². The van der Waals surface area contributed by atoms with E-state index in [1.54, 1.807) is 7.11 Å². The van der Waals surface area contributed by atoms with Gasteiger partial charge in [-0.2, -0.15) is 0 Å². The normalized spacial score (nSPS) is 15.1. The molecular formula is C21H22ClFN6O3. The van der Waals surface area contributed by atoms with Gasteiger partial charge in [-0.3, -0.25) is 4.90 Å². The molecule has 1 fully saturated rings. The highest BCUT2D eigenvalue weighted by molar-refractivity contribution is 6.31. The van der Waals surface area contributed by atoms with E-state index in [1.165, 1.54) is 18.2 Å². The molecule has 0 atom stereocenters. The van der Waals surface area contributed by atoms with Crippen LogP contribution >= 0.6 is 11.6 Å². The Morgan fingerprint density at radius 2 is 2.00 bits per heavy atom. The van der Waals surface area contributed by atoms with E-state index in [9.17, 15) is 9.60 Å². The molecule has 2 aromatic carbocycles. The van der Waals surface area contributed by atoms with Crippen molar-refractivity contribution in [2.45, 2.75) is 6.54 Å². The fraction of sp³-hybridized carbons (Fsp3) is 0.286. The molecule has 1 aliphatic rings. The van der Waals surface area contributed by atoms with Crippen LogP contribution in [0.15, 0.2) is 52.2 Å². The van der Waals surface area contributed by atoms with Crippen molar-refractivity contribution in [2.75, 3.05) is 43.5 Å². The van der Waals surface area contributed by atoms with Crippen LogP contribution in [0.25, 0.3) is 0 Å². The lowest BCUT2D eigenvalue weighted by atomic mass is 10.2. The van der Waals surface area contributed by atoms with Crippen molar-refractivity contribution in [3.05, 3.63) is 64.7 Å². The van der Waals surface area contributed by atoms with Crippen molar-refractivity contribution >= 4 is 28.8 Å². The first-order valence-electron chi connectivity index (χ1n) is 9.95. The second-order valence-corrected chi connectivity index (χ2v) is 7.60. The molecule has 0 radical (unpaired) electrons. The summed E-state index contributed by atoms with van der Waals surface area (Å²) in [5, 5.41) is 23.4. The van der Waals surface area contributed by atoms with Crippen molar-refractivity contribution in [3.8, 4) is 5.75 Å². The van der Waals surface area contributed by atoms with E-state index in [2.05, 4.69) is 30.6 Å². The molecule has 3 aromatic rings. The number of nitrogens with one attached hydrogen (secondary N) is 1. The Morgan fingerprint density at radius 1 is 1.22 bits per heavy atom. The minimum Gasteiger partial charge on any atom is -0.495 e. The summed E-state index contributed by atoms with van der Waals surface area (Å²) < 4.78 is 23.8. The zero-order chi connectivity index (χ0) is 22.5. The zero-order valence-electron chi connectivity index (χ0n) is 17.3. The maximum atomic E-state index is 13.4. The van der Waals surface area contributed by atoms with Crippen LogP contribution in [-0.2, 0) is 6.54 Å². The fourth-order valence-electron chi connectivity index (χ4n) is 3.58. The molecule has 0 bridgehead atoms. The van der Waals surface area contributed by atoms with Crippen LogP contribution in [0, 0.1) is 5.82 Å². The Morgan fingerprint density at radius 3 is 2.72 bits per heavy atom. The lowest BCUT2D eigenvalue weighted by Crippen LogP contribution is -2.46. The standard InChI is InChI=1S/C21H22ClFN6O3/c1-31-19-5-3-2-4-18(19)29-10-8-28(9-11-29)13-17-20(27-32-26-17)21(25-30)24-14-6-7-16(23)15(22)12-14/h2-7,12,30H,8-11,13H2,1H3,(H,24,25). The second kappa shape index (κ2) is 9.84. The van der Waals surface area contributed by atoms with E-state index < -0.39 is 5.82 Å². The van der Waals surface area contributed by atoms with Crippen molar-refractivity contribution in [2.24, 2.45) is 5.16 Å². The number of oxime groups is 1. The minimum atomic E-state index is -0.546. The maximum Gasteiger partial charge on any atom is 0.201 e. The van der Waals surface area contributed by atoms with Gasteiger partial charge in [0, 0.05) is 38.4 Å². The molecule has 1 aliphatic heterocycles. The molecule has 1 saturated heterocycles. The number of anilines is 2. The number of hydrogen-bond acceptors (Lipinski definition) is 8. The Labute approximate surface area is 189 Å². The summed E-state index contributed by atoms with van der Waals surface area (Å²) >= 11 is 5.82. The Kier molecular flexibility index (Phi) is 6.72. The van der Waals surface area contributed by atoms with Crippen LogP contribution in [0.2, 0.25) is 5.02 Å². The molecule has 9 nitrogen and oxygen atoms in total. The quantitative estimate of drug-likeness (QED) is 0.250. The smallest absolute Gasteiger partial charge is 0.201 e. The average Bonchev–Trinajstić information content (AvgIpc) is 3.28. The first-order chi connectivity index (χ1) is 15.6. The van der Waals surface area contributed by atoms with Gasteiger partial charge in [-0.25, -0.2) is 9.02 Å². The van der Waals surface area contributed by atoms with Gasteiger partial charge in [0.25, 0.3) is 0 Å². The Hall–Kier alpha value is -3.37. The van der Waals surface area contributed by atoms with Crippen molar-refractivity contribution in [1.29, 1.82) is 0 Å². The van der Waals surface area contributed by atoms with E-state index in [1.807, 2.05) is 24.3 Å². The third-order valence-corrected chi connectivity index (χ3v) is 5.52. The van der Waals surface area contributed by atoms with Crippen molar-refractivity contribution < 1.29 is 19.0 Å². The molecule has 2 N–H and O–H groups in total. The number of halogens is 2. The van der Waals surface area contributed by atoms with Crippen LogP contribution < -0.4 is 15.0 Å². The van der Waals surface area contributed by atoms with Gasteiger partial charge in [-0.1, -0.05) is 34.0 Å². The van der Waals surface area contributed by atoms with Crippen LogP contribution in [0.1, 0.15) is 11.4 Å². The summed E-state index contributed by atoms with van der Waals surface area (Å²) in [5.41, 5.74) is 2.28. The maximum absolute atomic E-state index is 13.4. The number of nitrogens with zero attached hydrogens (tertiary/aromatic N) is 5. The molecule has 32 heavy (non-hydrogen) atoms. The van der Waals surface area contributed by atoms with Crippen LogP contribution in [0.3, 0.4) is 0 Å². The monoisotopic (exact) mass is 460 g/mol. The third-order valence-electron chi connectivity index (χ3n) is 5.23. The number of hydrogen-bond donors (Lipinski definition) is 2. The average molecular weight is 461 g/mol. The second-order valence-electron chi connectivity index (χ2n) is 7.20. The Balaban J connectivity index is 1.41. The SMILES string of the molecule is COc1ccccc1N1CCN(Cc2nonc2/C(=N\O)Nc2ccc(F)c(Cl)c2)CC1. The fourth-order valence-corrected chi connectivity index (χ4v) is 3.76. The van der Waals surface area contributed by atoms with E-state index in [-0.39, 0.29) is 16.6 Å². The highest BCUT2D eigenvalue weighted by atomic mass is 35.5. The van der Waals surface area contributed by atoms with Gasteiger partial charge >= 0.3 is 0 Å². The summed E-state index contributed by atoms with van der Waals surface area (Å²) in [4.78, 5) is 4.48. The predicted octanol–water partition coefficient (Wildman–Crippen LogP) is 3.44. The molecule has 4 rings (SSSR count). The molecule has 11 heteroatoms. The molecule has 0 amide bonds. The number of para-hydroxylation sites is 2. The first-order valence-corrected chi connectivity index (χ1v) is 10.3. The van der Waals surface area contributed by atoms with Gasteiger partial charge in [0.2, 0.25) is 5.84 Å². The van der Waals surface area contributed by atoms with Crippen LogP contribution in [0.4, 0.5) is 15.8 Å². The number of amidine groups is 1. The van der Waals surface area contributed by atoms with Gasteiger partial charge in [0.15, 0.2) is 5.69 Å². The van der Waals surface area contributed by atoms with Crippen LogP contribution in [0.5, 0.6) is 5.75 Å². The van der Waals surface area contributed by atoms with Gasteiger partial charge in [0.05, 0.1) is 17.8 Å². The van der Waals surface area contributed by atoms with Gasteiger partial charge < -0.3 is 20.2 Å². The van der Waals surface area contributed by atoms with E-state index in [0.29, 0.717) is 17.9 Å². The number of benzene rings is 2. The molecule has 0 spiro atoms. The number of ether oxygens (including phenoxy) is 1. The molecular weight excluding hydrogens is 439 g/mol. The van der Waals surface area contributed by atoms with Gasteiger partial charge in [-0.05, 0) is 35.5 Å². The van der Waals surface area contributed by atoms with Gasteiger partial charge in [0.1, 0.15) is 17.3 Å². The van der Waals surface area contributed by atoms with Gasteiger partial charge in [-0.15, -0.1) is 0 Å². The number of piperazine rings is 1. The molecule has 0 saturated carbocycles. The third kappa shape index (κ3) is 4.76.